The molecule has 0 unspecified atom stereocenters. The van der Waals surface area contributed by atoms with Crippen LogP contribution in [-0.2, 0) is 0 Å². The molecular formula is C14H16N2O3S. The molecule has 0 aliphatic carbocycles. The number of amides is 1. The summed E-state index contributed by atoms with van der Waals surface area (Å²) < 4.78 is 5.22. The van der Waals surface area contributed by atoms with E-state index in [1.165, 1.54) is 11.3 Å². The molecule has 0 radical (unpaired) electrons. The number of carbonyl (C=O) groups excluding carboxylic acids is 1. The third-order valence-electron chi connectivity index (χ3n) is 3.46. The van der Waals surface area contributed by atoms with Gasteiger partial charge in [-0.05, 0) is 31.2 Å². The van der Waals surface area contributed by atoms with Crippen LogP contribution in [0.1, 0.15) is 42.0 Å². The lowest BCUT2D eigenvalue weighted by molar-refractivity contribution is 0.0781. The van der Waals surface area contributed by atoms with Crippen LogP contribution in [0.3, 0.4) is 0 Å². The Bertz CT molecular complexity index is 598. The fourth-order valence-corrected chi connectivity index (χ4v) is 3.17. The minimum Gasteiger partial charge on any atom is -0.385 e. The summed E-state index contributed by atoms with van der Waals surface area (Å²) in [6, 6.07) is 3.80. The molecule has 0 aromatic carbocycles. The van der Waals surface area contributed by atoms with Crippen molar-refractivity contribution in [3.8, 4) is 10.6 Å². The molecule has 106 valence electrons. The molecule has 6 heteroatoms. The zero-order valence-electron chi connectivity index (χ0n) is 11.2. The average molecular weight is 292 g/mol. The van der Waals surface area contributed by atoms with Gasteiger partial charge in [0.1, 0.15) is 17.4 Å². The van der Waals surface area contributed by atoms with Crippen molar-refractivity contribution < 1.29 is 14.4 Å². The predicted octanol–water partition coefficient (Wildman–Crippen LogP) is 2.69. The SMILES string of the molecule is C[C@H](O)c1onc(-c2cccs2)c1C(=O)N1CCCC1. The first-order chi connectivity index (χ1) is 9.68. The molecule has 1 N–H and O–H groups in total. The fourth-order valence-electron chi connectivity index (χ4n) is 2.45. The Balaban J connectivity index is 2.06. The Kier molecular flexibility index (Phi) is 3.58. The van der Waals surface area contributed by atoms with Gasteiger partial charge in [-0.2, -0.15) is 0 Å². The van der Waals surface area contributed by atoms with E-state index in [9.17, 15) is 9.90 Å². The van der Waals surface area contributed by atoms with Crippen molar-refractivity contribution >= 4 is 17.2 Å². The van der Waals surface area contributed by atoms with E-state index in [0.717, 1.165) is 30.8 Å². The van der Waals surface area contributed by atoms with Gasteiger partial charge >= 0.3 is 0 Å². The Hall–Kier alpha value is -1.66. The first kappa shape index (κ1) is 13.3. The third-order valence-corrected chi connectivity index (χ3v) is 4.34. The largest absolute Gasteiger partial charge is 0.385 e. The number of carbonyl (C=O) groups is 1. The van der Waals surface area contributed by atoms with E-state index in [2.05, 4.69) is 5.16 Å². The summed E-state index contributed by atoms with van der Waals surface area (Å²) in [4.78, 5) is 15.3. The van der Waals surface area contributed by atoms with Crippen LogP contribution < -0.4 is 0 Å². The molecule has 1 saturated heterocycles. The molecule has 5 nitrogen and oxygen atoms in total. The second kappa shape index (κ2) is 5.38. The normalized spacial score (nSPS) is 16.6. The predicted molar refractivity (Wildman–Crippen MR) is 75.6 cm³/mol. The van der Waals surface area contributed by atoms with E-state index in [1.807, 2.05) is 17.5 Å². The highest BCUT2D eigenvalue weighted by Gasteiger charge is 2.31. The smallest absolute Gasteiger partial charge is 0.259 e. The molecule has 20 heavy (non-hydrogen) atoms. The van der Waals surface area contributed by atoms with Crippen molar-refractivity contribution in [2.45, 2.75) is 25.9 Å². The van der Waals surface area contributed by atoms with Gasteiger partial charge in [-0.3, -0.25) is 4.79 Å². The molecule has 0 saturated carbocycles. The Morgan fingerprint density at radius 3 is 2.85 bits per heavy atom. The number of hydrogen-bond acceptors (Lipinski definition) is 5. The second-order valence-corrected chi connectivity index (χ2v) is 5.87. The number of thiophene rings is 1. The maximum Gasteiger partial charge on any atom is 0.259 e. The molecule has 0 bridgehead atoms. The number of likely N-dealkylation sites (tertiary alicyclic amines) is 1. The van der Waals surface area contributed by atoms with Crippen molar-refractivity contribution in [1.82, 2.24) is 10.1 Å². The van der Waals surface area contributed by atoms with Gasteiger partial charge in [-0.25, -0.2) is 0 Å². The average Bonchev–Trinajstić information content (AvgIpc) is 3.17. The highest BCUT2D eigenvalue weighted by molar-refractivity contribution is 7.13. The lowest BCUT2D eigenvalue weighted by atomic mass is 10.1. The van der Waals surface area contributed by atoms with Crippen LogP contribution in [0, 0.1) is 0 Å². The van der Waals surface area contributed by atoms with E-state index in [4.69, 9.17) is 4.52 Å². The maximum absolute atomic E-state index is 12.7. The summed E-state index contributed by atoms with van der Waals surface area (Å²) in [5.74, 6) is 0.161. The van der Waals surface area contributed by atoms with E-state index in [1.54, 1.807) is 11.8 Å². The quantitative estimate of drug-likeness (QED) is 0.944. The lowest BCUT2D eigenvalue weighted by Gasteiger charge is -2.15. The molecular weight excluding hydrogens is 276 g/mol. The van der Waals surface area contributed by atoms with Crippen molar-refractivity contribution in [1.29, 1.82) is 0 Å². The molecule has 1 aliphatic rings. The van der Waals surface area contributed by atoms with Crippen LogP contribution in [0.25, 0.3) is 10.6 Å². The molecule has 2 aromatic heterocycles. The topological polar surface area (TPSA) is 66.6 Å². The standard InChI is InChI=1S/C14H16N2O3S/c1-9(17)13-11(14(18)16-6-2-3-7-16)12(15-19-13)10-5-4-8-20-10/h4-5,8-9,17H,2-3,6-7H2,1H3/t9-/m0/s1. The van der Waals surface area contributed by atoms with Crippen LogP contribution >= 0.6 is 11.3 Å². The molecule has 1 amide bonds. The van der Waals surface area contributed by atoms with Crippen LogP contribution in [0.15, 0.2) is 22.0 Å². The third kappa shape index (κ3) is 2.25. The van der Waals surface area contributed by atoms with Crippen LogP contribution in [-0.4, -0.2) is 34.2 Å². The van der Waals surface area contributed by atoms with Crippen LogP contribution in [0.4, 0.5) is 0 Å². The highest BCUT2D eigenvalue weighted by atomic mass is 32.1. The summed E-state index contributed by atoms with van der Waals surface area (Å²) >= 11 is 1.50. The van der Waals surface area contributed by atoms with Gasteiger partial charge in [-0.1, -0.05) is 11.2 Å². The minimum atomic E-state index is -0.849. The maximum atomic E-state index is 12.7. The number of nitrogens with zero attached hydrogens (tertiary/aromatic N) is 2. The van der Waals surface area contributed by atoms with Gasteiger partial charge in [0.25, 0.3) is 5.91 Å². The summed E-state index contributed by atoms with van der Waals surface area (Å²) in [5.41, 5.74) is 0.942. The zero-order valence-corrected chi connectivity index (χ0v) is 12.0. The van der Waals surface area contributed by atoms with Gasteiger partial charge in [0, 0.05) is 13.1 Å². The van der Waals surface area contributed by atoms with E-state index in [0.29, 0.717) is 11.3 Å². The Labute approximate surface area is 120 Å². The van der Waals surface area contributed by atoms with Gasteiger partial charge in [-0.15, -0.1) is 11.3 Å². The van der Waals surface area contributed by atoms with Crippen molar-refractivity contribution in [3.63, 3.8) is 0 Å². The lowest BCUT2D eigenvalue weighted by Crippen LogP contribution is -2.28. The first-order valence-electron chi connectivity index (χ1n) is 6.69. The molecule has 0 spiro atoms. The Morgan fingerprint density at radius 2 is 2.25 bits per heavy atom. The van der Waals surface area contributed by atoms with E-state index >= 15 is 0 Å². The van der Waals surface area contributed by atoms with Gasteiger partial charge in [0.2, 0.25) is 0 Å². The minimum absolute atomic E-state index is 0.0944. The highest BCUT2D eigenvalue weighted by Crippen LogP contribution is 2.33. The zero-order chi connectivity index (χ0) is 14.1. The van der Waals surface area contributed by atoms with Gasteiger partial charge in [0.05, 0.1) is 4.88 Å². The molecule has 1 atom stereocenters. The van der Waals surface area contributed by atoms with Gasteiger partial charge in [0.15, 0.2) is 5.76 Å². The second-order valence-electron chi connectivity index (χ2n) is 4.92. The van der Waals surface area contributed by atoms with Crippen LogP contribution in [0.5, 0.6) is 0 Å². The number of hydrogen-bond donors (Lipinski definition) is 1. The van der Waals surface area contributed by atoms with Crippen molar-refractivity contribution in [3.05, 3.63) is 28.8 Å². The molecule has 3 heterocycles. The first-order valence-corrected chi connectivity index (χ1v) is 7.57. The number of aliphatic hydroxyl groups excluding tert-OH is 1. The van der Waals surface area contributed by atoms with E-state index < -0.39 is 6.10 Å². The van der Waals surface area contributed by atoms with E-state index in [-0.39, 0.29) is 11.7 Å². The fraction of sp³-hybridized carbons (Fsp3) is 0.429. The summed E-state index contributed by atoms with van der Waals surface area (Å²) in [6.07, 6.45) is 1.20. The number of rotatable bonds is 3. The summed E-state index contributed by atoms with van der Waals surface area (Å²) in [5, 5.41) is 15.7. The molecule has 1 aliphatic heterocycles. The summed E-state index contributed by atoms with van der Waals surface area (Å²) in [6.45, 7) is 3.10. The molecule has 1 fully saturated rings. The molecule has 2 aromatic rings. The monoisotopic (exact) mass is 292 g/mol. The number of aliphatic hydroxyl groups is 1. The molecule has 3 rings (SSSR count). The number of aromatic nitrogens is 1. The van der Waals surface area contributed by atoms with Gasteiger partial charge < -0.3 is 14.5 Å². The van der Waals surface area contributed by atoms with Crippen molar-refractivity contribution in [2.75, 3.05) is 13.1 Å². The summed E-state index contributed by atoms with van der Waals surface area (Å²) in [7, 11) is 0. The van der Waals surface area contributed by atoms with Crippen LogP contribution in [0.2, 0.25) is 0 Å². The van der Waals surface area contributed by atoms with Crippen molar-refractivity contribution in [2.24, 2.45) is 0 Å². The Morgan fingerprint density at radius 1 is 1.50 bits per heavy atom.